The minimum atomic E-state index is -1.09. The number of ether oxygens (including phenoxy) is 1. The van der Waals surface area contributed by atoms with Crippen molar-refractivity contribution in [3.05, 3.63) is 24.3 Å². The van der Waals surface area contributed by atoms with E-state index in [1.807, 2.05) is 24.3 Å². The Morgan fingerprint density at radius 2 is 1.86 bits per heavy atom. The lowest BCUT2D eigenvalue weighted by Crippen LogP contribution is -2.30. The van der Waals surface area contributed by atoms with Crippen LogP contribution in [0.4, 0.5) is 11.4 Å². The van der Waals surface area contributed by atoms with Crippen LogP contribution in [0.25, 0.3) is 0 Å². The molecule has 1 aromatic rings. The summed E-state index contributed by atoms with van der Waals surface area (Å²) in [6, 6.07) is 7.64. The summed E-state index contributed by atoms with van der Waals surface area (Å²) in [5.74, 6) is -1.43. The second kappa shape index (κ2) is 7.64. The molecule has 2 N–H and O–H groups in total. The molecule has 1 aliphatic heterocycles. The van der Waals surface area contributed by atoms with Gasteiger partial charge in [-0.25, -0.2) is 4.79 Å². The van der Waals surface area contributed by atoms with Crippen molar-refractivity contribution in [2.24, 2.45) is 0 Å². The monoisotopic (exact) mass is 292 g/mol. The standard InChI is InChI=1S/C15H20N2O4/c18-14(10-21-11-15(19)20)16-12-6-2-3-7-13(12)17-8-4-1-5-9-17/h2-3,6-7H,1,4-5,8-11H2,(H,16,18)(H,19,20). The molecule has 0 bridgehead atoms. The molecule has 114 valence electrons. The molecule has 0 aromatic heterocycles. The van der Waals surface area contributed by atoms with Gasteiger partial charge in [-0.2, -0.15) is 0 Å². The number of piperidine rings is 1. The van der Waals surface area contributed by atoms with Crippen LogP contribution in [0.2, 0.25) is 0 Å². The highest BCUT2D eigenvalue weighted by atomic mass is 16.5. The molecule has 1 fully saturated rings. The summed E-state index contributed by atoms with van der Waals surface area (Å²) in [6.45, 7) is 1.24. The highest BCUT2D eigenvalue weighted by molar-refractivity contribution is 5.95. The number of carbonyl (C=O) groups excluding carboxylic acids is 1. The van der Waals surface area contributed by atoms with E-state index in [1.165, 1.54) is 6.42 Å². The molecule has 0 radical (unpaired) electrons. The van der Waals surface area contributed by atoms with Crippen LogP contribution in [-0.4, -0.2) is 43.3 Å². The second-order valence-electron chi connectivity index (χ2n) is 5.00. The van der Waals surface area contributed by atoms with Gasteiger partial charge in [0, 0.05) is 13.1 Å². The van der Waals surface area contributed by atoms with Crippen LogP contribution in [0.5, 0.6) is 0 Å². The Morgan fingerprint density at radius 3 is 2.57 bits per heavy atom. The zero-order chi connectivity index (χ0) is 15.1. The van der Waals surface area contributed by atoms with Gasteiger partial charge in [0.25, 0.3) is 0 Å². The largest absolute Gasteiger partial charge is 0.480 e. The number of benzene rings is 1. The van der Waals surface area contributed by atoms with E-state index in [-0.39, 0.29) is 12.5 Å². The highest BCUT2D eigenvalue weighted by Gasteiger charge is 2.15. The normalized spacial score (nSPS) is 14.8. The molecular weight excluding hydrogens is 272 g/mol. The van der Waals surface area contributed by atoms with E-state index in [9.17, 15) is 9.59 Å². The fourth-order valence-corrected chi connectivity index (χ4v) is 2.41. The number of rotatable bonds is 6. The van der Waals surface area contributed by atoms with Gasteiger partial charge in [-0.1, -0.05) is 12.1 Å². The van der Waals surface area contributed by atoms with Gasteiger partial charge in [0.05, 0.1) is 11.4 Å². The van der Waals surface area contributed by atoms with Crippen molar-refractivity contribution in [2.75, 3.05) is 36.5 Å². The van der Waals surface area contributed by atoms with Crippen molar-refractivity contribution >= 4 is 23.3 Å². The predicted octanol–water partition coefficient (Wildman–Crippen LogP) is 1.72. The van der Waals surface area contributed by atoms with Gasteiger partial charge in [-0.15, -0.1) is 0 Å². The first-order valence-corrected chi connectivity index (χ1v) is 7.10. The van der Waals surface area contributed by atoms with Crippen LogP contribution >= 0.6 is 0 Å². The predicted molar refractivity (Wildman–Crippen MR) is 79.6 cm³/mol. The van der Waals surface area contributed by atoms with Crippen molar-refractivity contribution < 1.29 is 19.4 Å². The molecule has 0 atom stereocenters. The Balaban J connectivity index is 1.96. The van der Waals surface area contributed by atoms with Crippen molar-refractivity contribution in [1.29, 1.82) is 0 Å². The summed E-state index contributed by atoms with van der Waals surface area (Å²) < 4.78 is 4.79. The Kier molecular flexibility index (Phi) is 5.57. The zero-order valence-electron chi connectivity index (χ0n) is 11.9. The number of aliphatic carboxylic acids is 1. The van der Waals surface area contributed by atoms with Gasteiger partial charge in [0.15, 0.2) is 0 Å². The summed E-state index contributed by atoms with van der Waals surface area (Å²) in [5.41, 5.74) is 1.74. The maximum atomic E-state index is 11.8. The average Bonchev–Trinajstić information content (AvgIpc) is 2.48. The van der Waals surface area contributed by atoms with Crippen LogP contribution in [0.3, 0.4) is 0 Å². The van der Waals surface area contributed by atoms with E-state index in [2.05, 4.69) is 10.2 Å². The van der Waals surface area contributed by atoms with Gasteiger partial charge in [0.1, 0.15) is 13.2 Å². The van der Waals surface area contributed by atoms with E-state index >= 15 is 0 Å². The molecule has 6 heteroatoms. The van der Waals surface area contributed by atoms with E-state index < -0.39 is 12.6 Å². The maximum absolute atomic E-state index is 11.8. The SMILES string of the molecule is O=C(O)COCC(=O)Nc1ccccc1N1CCCCC1. The topological polar surface area (TPSA) is 78.9 Å². The number of nitrogens with one attached hydrogen (secondary N) is 1. The maximum Gasteiger partial charge on any atom is 0.329 e. The molecule has 6 nitrogen and oxygen atoms in total. The Morgan fingerprint density at radius 1 is 1.14 bits per heavy atom. The second-order valence-corrected chi connectivity index (χ2v) is 5.00. The molecule has 1 aliphatic rings. The lowest BCUT2D eigenvalue weighted by molar-refractivity contribution is -0.143. The number of hydrogen-bond donors (Lipinski definition) is 2. The number of hydrogen-bond acceptors (Lipinski definition) is 4. The zero-order valence-corrected chi connectivity index (χ0v) is 11.9. The van der Waals surface area contributed by atoms with Gasteiger partial charge in [-0.3, -0.25) is 4.79 Å². The summed E-state index contributed by atoms with van der Waals surface area (Å²) in [5, 5.41) is 11.3. The van der Waals surface area contributed by atoms with Crippen molar-refractivity contribution in [3.8, 4) is 0 Å². The van der Waals surface area contributed by atoms with Gasteiger partial charge in [-0.05, 0) is 31.4 Å². The summed E-state index contributed by atoms with van der Waals surface area (Å²) in [7, 11) is 0. The Hall–Kier alpha value is -2.08. The van der Waals surface area contributed by atoms with E-state index in [1.54, 1.807) is 0 Å². The first kappa shape index (κ1) is 15.3. The number of carbonyl (C=O) groups is 2. The summed E-state index contributed by atoms with van der Waals surface area (Å²) >= 11 is 0. The first-order chi connectivity index (χ1) is 10.2. The van der Waals surface area contributed by atoms with Crippen LogP contribution in [-0.2, 0) is 14.3 Å². The van der Waals surface area contributed by atoms with Crippen LogP contribution in [0, 0.1) is 0 Å². The molecule has 1 heterocycles. The molecular formula is C15H20N2O4. The number of para-hydroxylation sites is 2. The van der Waals surface area contributed by atoms with Crippen molar-refractivity contribution in [2.45, 2.75) is 19.3 Å². The quantitative estimate of drug-likeness (QED) is 0.834. The minimum Gasteiger partial charge on any atom is -0.480 e. The van der Waals surface area contributed by atoms with Crippen molar-refractivity contribution in [1.82, 2.24) is 0 Å². The number of carboxylic acids is 1. The molecule has 1 aromatic carbocycles. The molecule has 1 amide bonds. The Bertz CT molecular complexity index is 498. The minimum absolute atomic E-state index is 0.263. The number of amides is 1. The van der Waals surface area contributed by atoms with E-state index in [4.69, 9.17) is 9.84 Å². The lowest BCUT2D eigenvalue weighted by atomic mass is 10.1. The van der Waals surface area contributed by atoms with E-state index in [0.717, 1.165) is 37.3 Å². The van der Waals surface area contributed by atoms with Crippen LogP contribution in [0.15, 0.2) is 24.3 Å². The highest BCUT2D eigenvalue weighted by Crippen LogP contribution is 2.28. The van der Waals surface area contributed by atoms with Crippen LogP contribution in [0.1, 0.15) is 19.3 Å². The molecule has 1 saturated heterocycles. The third kappa shape index (κ3) is 4.75. The summed E-state index contributed by atoms with van der Waals surface area (Å²) in [4.78, 5) is 24.4. The molecule has 21 heavy (non-hydrogen) atoms. The number of carboxylic acid groups (broad SMARTS) is 1. The molecule has 0 unspecified atom stereocenters. The van der Waals surface area contributed by atoms with Crippen LogP contribution < -0.4 is 10.2 Å². The fourth-order valence-electron chi connectivity index (χ4n) is 2.41. The first-order valence-electron chi connectivity index (χ1n) is 7.10. The molecule has 2 rings (SSSR count). The molecule has 0 spiro atoms. The van der Waals surface area contributed by atoms with Gasteiger partial charge in [0.2, 0.25) is 5.91 Å². The third-order valence-corrected chi connectivity index (χ3v) is 3.33. The molecule has 0 aliphatic carbocycles. The molecule has 0 saturated carbocycles. The fraction of sp³-hybridized carbons (Fsp3) is 0.467. The smallest absolute Gasteiger partial charge is 0.329 e. The number of nitrogens with zero attached hydrogens (tertiary/aromatic N) is 1. The summed E-state index contributed by atoms with van der Waals surface area (Å²) in [6.07, 6.45) is 3.56. The van der Waals surface area contributed by atoms with Gasteiger partial charge < -0.3 is 20.1 Å². The Labute approximate surface area is 123 Å². The third-order valence-electron chi connectivity index (χ3n) is 3.33. The number of anilines is 2. The average molecular weight is 292 g/mol. The lowest BCUT2D eigenvalue weighted by Gasteiger charge is -2.30. The van der Waals surface area contributed by atoms with Crippen molar-refractivity contribution in [3.63, 3.8) is 0 Å². The van der Waals surface area contributed by atoms with Gasteiger partial charge >= 0.3 is 5.97 Å². The van der Waals surface area contributed by atoms with E-state index in [0.29, 0.717) is 0 Å².